The first-order chi connectivity index (χ1) is 13.0. The topological polar surface area (TPSA) is 67.9 Å². The molecule has 2 aromatic rings. The van der Waals surface area contributed by atoms with Crippen molar-refractivity contribution in [3.63, 3.8) is 0 Å². The maximum absolute atomic E-state index is 13.1. The van der Waals surface area contributed by atoms with E-state index >= 15 is 0 Å². The number of benzene rings is 2. The van der Waals surface area contributed by atoms with Crippen LogP contribution in [0.1, 0.15) is 25.0 Å². The van der Waals surface area contributed by atoms with Gasteiger partial charge in [0.15, 0.2) is 11.5 Å². The van der Waals surface area contributed by atoms with Crippen LogP contribution in [0.4, 0.5) is 5.69 Å². The molecule has 6 heteroatoms. The molecule has 0 aromatic heterocycles. The monoisotopic (exact) mass is 366 g/mol. The molecule has 140 valence electrons. The van der Waals surface area contributed by atoms with Gasteiger partial charge in [-0.05, 0) is 49.6 Å². The summed E-state index contributed by atoms with van der Waals surface area (Å²) in [6.07, 6.45) is 0.816. The van der Waals surface area contributed by atoms with Crippen LogP contribution in [0.3, 0.4) is 0 Å². The molecule has 27 heavy (non-hydrogen) atoms. The first-order valence-electron chi connectivity index (χ1n) is 9.03. The van der Waals surface area contributed by atoms with Gasteiger partial charge in [-0.15, -0.1) is 0 Å². The minimum absolute atomic E-state index is 0.185. The Bertz CT molecular complexity index is 907. The molecule has 0 saturated carbocycles. The Morgan fingerprint density at radius 1 is 1.11 bits per heavy atom. The van der Waals surface area contributed by atoms with Gasteiger partial charge in [0, 0.05) is 18.8 Å². The minimum Gasteiger partial charge on any atom is -0.454 e. The molecule has 1 N–H and O–H groups in total. The molecule has 0 saturated heterocycles. The fourth-order valence-corrected chi connectivity index (χ4v) is 3.44. The second kappa shape index (κ2) is 6.61. The molecule has 0 atom stereocenters. The van der Waals surface area contributed by atoms with Crippen molar-refractivity contribution < 1.29 is 19.1 Å². The lowest BCUT2D eigenvalue weighted by Gasteiger charge is -2.28. The largest absolute Gasteiger partial charge is 0.454 e. The molecule has 0 fully saturated rings. The number of fused-ring (bicyclic) bond motifs is 2. The maximum atomic E-state index is 13.1. The van der Waals surface area contributed by atoms with Gasteiger partial charge in [0.25, 0.3) is 0 Å². The molecule has 6 nitrogen and oxygen atoms in total. The van der Waals surface area contributed by atoms with Crippen molar-refractivity contribution >= 4 is 17.5 Å². The van der Waals surface area contributed by atoms with E-state index in [1.165, 1.54) is 0 Å². The molecule has 0 spiro atoms. The predicted octanol–water partition coefficient (Wildman–Crippen LogP) is 2.65. The second-order valence-electron chi connectivity index (χ2n) is 7.33. The average molecular weight is 366 g/mol. The van der Waals surface area contributed by atoms with E-state index in [4.69, 9.17) is 9.47 Å². The third-order valence-electron chi connectivity index (χ3n) is 5.12. The lowest BCUT2D eigenvalue weighted by Crippen LogP contribution is -2.49. The zero-order valence-corrected chi connectivity index (χ0v) is 15.5. The summed E-state index contributed by atoms with van der Waals surface area (Å²) < 4.78 is 10.6. The number of carbonyl (C=O) groups is 2. The van der Waals surface area contributed by atoms with E-state index in [1.807, 2.05) is 42.5 Å². The third-order valence-corrected chi connectivity index (χ3v) is 5.12. The number of para-hydroxylation sites is 1. The molecule has 2 aliphatic heterocycles. The van der Waals surface area contributed by atoms with E-state index in [9.17, 15) is 9.59 Å². The summed E-state index contributed by atoms with van der Waals surface area (Å²) in [6, 6.07) is 13.4. The summed E-state index contributed by atoms with van der Waals surface area (Å²) in [5.41, 5.74) is 1.78. The van der Waals surface area contributed by atoms with Crippen LogP contribution in [0.15, 0.2) is 42.5 Å². The van der Waals surface area contributed by atoms with Crippen molar-refractivity contribution in [2.75, 3.05) is 18.2 Å². The van der Waals surface area contributed by atoms with Gasteiger partial charge in [-0.2, -0.15) is 0 Å². The SMILES string of the molecule is CC(C)(C(=O)NCc1ccc2c(c1)OCO2)C(=O)N1CCc2ccccc21. The van der Waals surface area contributed by atoms with Crippen molar-refractivity contribution in [3.05, 3.63) is 53.6 Å². The number of anilines is 1. The molecular formula is C21H22N2O4. The van der Waals surface area contributed by atoms with Crippen LogP contribution >= 0.6 is 0 Å². The van der Waals surface area contributed by atoms with E-state index in [-0.39, 0.29) is 18.6 Å². The summed E-state index contributed by atoms with van der Waals surface area (Å²) in [5, 5.41) is 2.88. The highest BCUT2D eigenvalue weighted by atomic mass is 16.7. The van der Waals surface area contributed by atoms with Crippen LogP contribution in [0, 0.1) is 5.41 Å². The highest BCUT2D eigenvalue weighted by Crippen LogP contribution is 2.33. The van der Waals surface area contributed by atoms with E-state index in [1.54, 1.807) is 18.7 Å². The van der Waals surface area contributed by atoms with Gasteiger partial charge in [0.1, 0.15) is 5.41 Å². The Balaban J connectivity index is 1.44. The molecular weight excluding hydrogens is 344 g/mol. The minimum atomic E-state index is -1.16. The molecule has 2 heterocycles. The van der Waals surface area contributed by atoms with E-state index < -0.39 is 5.41 Å². The van der Waals surface area contributed by atoms with Gasteiger partial charge in [-0.25, -0.2) is 0 Å². The first kappa shape index (κ1) is 17.4. The number of rotatable bonds is 4. The number of amides is 2. The standard InChI is InChI=1S/C21H22N2O4/c1-21(2,20(25)23-10-9-15-5-3-4-6-16(15)23)19(24)22-12-14-7-8-17-18(11-14)27-13-26-17/h3-8,11H,9-10,12-13H2,1-2H3,(H,22,24). The van der Waals surface area contributed by atoms with Gasteiger partial charge in [-0.1, -0.05) is 24.3 Å². The van der Waals surface area contributed by atoms with Crippen LogP contribution in [-0.4, -0.2) is 25.2 Å². The van der Waals surface area contributed by atoms with Crippen LogP contribution < -0.4 is 19.7 Å². The zero-order valence-electron chi connectivity index (χ0n) is 15.5. The van der Waals surface area contributed by atoms with Crippen LogP contribution in [0.25, 0.3) is 0 Å². The second-order valence-corrected chi connectivity index (χ2v) is 7.33. The molecule has 2 amide bonds. The smallest absolute Gasteiger partial charge is 0.242 e. The highest BCUT2D eigenvalue weighted by Gasteiger charge is 2.41. The lowest BCUT2D eigenvalue weighted by atomic mass is 9.90. The third kappa shape index (κ3) is 3.12. The quantitative estimate of drug-likeness (QED) is 0.845. The summed E-state index contributed by atoms with van der Waals surface area (Å²) >= 11 is 0. The molecule has 2 aliphatic rings. The fourth-order valence-electron chi connectivity index (χ4n) is 3.44. The van der Waals surface area contributed by atoms with Crippen molar-refractivity contribution in [2.24, 2.45) is 5.41 Å². The molecule has 0 radical (unpaired) electrons. The van der Waals surface area contributed by atoms with E-state index in [0.29, 0.717) is 24.6 Å². The highest BCUT2D eigenvalue weighted by molar-refractivity contribution is 6.11. The fraction of sp³-hybridized carbons (Fsp3) is 0.333. The summed E-state index contributed by atoms with van der Waals surface area (Å²) in [7, 11) is 0. The molecule has 0 bridgehead atoms. The average Bonchev–Trinajstić information content (AvgIpc) is 3.31. The normalized spacial score (nSPS) is 14.8. The van der Waals surface area contributed by atoms with Crippen LogP contribution in [0.2, 0.25) is 0 Å². The lowest BCUT2D eigenvalue weighted by molar-refractivity contribution is -0.139. The number of hydrogen-bond acceptors (Lipinski definition) is 4. The zero-order chi connectivity index (χ0) is 19.0. The van der Waals surface area contributed by atoms with Gasteiger partial charge >= 0.3 is 0 Å². The summed E-state index contributed by atoms with van der Waals surface area (Å²) in [4.78, 5) is 27.5. The maximum Gasteiger partial charge on any atom is 0.242 e. The van der Waals surface area contributed by atoms with Crippen molar-refractivity contribution in [3.8, 4) is 11.5 Å². The Labute approximate surface area is 158 Å². The molecule has 0 aliphatic carbocycles. The van der Waals surface area contributed by atoms with E-state index in [0.717, 1.165) is 23.2 Å². The number of hydrogen-bond donors (Lipinski definition) is 1. The van der Waals surface area contributed by atoms with E-state index in [2.05, 4.69) is 5.32 Å². The van der Waals surface area contributed by atoms with Crippen LogP contribution in [0.5, 0.6) is 11.5 Å². The van der Waals surface area contributed by atoms with Gasteiger partial charge in [0.05, 0.1) is 0 Å². The van der Waals surface area contributed by atoms with Crippen molar-refractivity contribution in [2.45, 2.75) is 26.8 Å². The van der Waals surface area contributed by atoms with Gasteiger partial charge in [0.2, 0.25) is 18.6 Å². The Morgan fingerprint density at radius 2 is 1.89 bits per heavy atom. The number of ether oxygens (including phenoxy) is 2. The summed E-state index contributed by atoms with van der Waals surface area (Å²) in [6.45, 7) is 4.49. The first-order valence-corrected chi connectivity index (χ1v) is 9.03. The number of nitrogens with zero attached hydrogens (tertiary/aromatic N) is 1. The van der Waals surface area contributed by atoms with Crippen LogP contribution in [-0.2, 0) is 22.6 Å². The van der Waals surface area contributed by atoms with Crippen molar-refractivity contribution in [1.29, 1.82) is 0 Å². The van der Waals surface area contributed by atoms with Gasteiger partial charge < -0.3 is 19.7 Å². The number of carbonyl (C=O) groups excluding carboxylic acids is 2. The Hall–Kier alpha value is -3.02. The summed E-state index contributed by atoms with van der Waals surface area (Å²) in [5.74, 6) is 0.893. The predicted molar refractivity (Wildman–Crippen MR) is 101 cm³/mol. The molecule has 0 unspecified atom stereocenters. The van der Waals surface area contributed by atoms with Gasteiger partial charge in [-0.3, -0.25) is 9.59 Å². The number of nitrogens with one attached hydrogen (secondary N) is 1. The Morgan fingerprint density at radius 3 is 2.74 bits per heavy atom. The molecule has 4 rings (SSSR count). The van der Waals surface area contributed by atoms with Crippen molar-refractivity contribution in [1.82, 2.24) is 5.32 Å². The Kier molecular flexibility index (Phi) is 4.26. The molecule has 2 aromatic carbocycles.